The molecule has 0 aliphatic heterocycles. The maximum atomic E-state index is 12.8. The van der Waals surface area contributed by atoms with Gasteiger partial charge < -0.3 is 35.6 Å². The van der Waals surface area contributed by atoms with Gasteiger partial charge >= 0.3 is 24.1 Å². The summed E-state index contributed by atoms with van der Waals surface area (Å²) >= 11 is 0. The van der Waals surface area contributed by atoms with Crippen LogP contribution in [0.3, 0.4) is 0 Å². The van der Waals surface area contributed by atoms with Crippen molar-refractivity contribution in [3.05, 3.63) is 12.2 Å². The molecule has 1 unspecified atom stereocenters. The Bertz CT molecular complexity index is 767. The Hall–Kier alpha value is -3.31. The van der Waals surface area contributed by atoms with Crippen LogP contribution >= 0.6 is 0 Å². The van der Waals surface area contributed by atoms with Crippen molar-refractivity contribution >= 4 is 30.0 Å². The van der Waals surface area contributed by atoms with Crippen molar-refractivity contribution < 1.29 is 43.7 Å². The summed E-state index contributed by atoms with van der Waals surface area (Å²) in [5.41, 5.74) is -1.44. The van der Waals surface area contributed by atoms with Crippen molar-refractivity contribution in [2.75, 3.05) is 6.54 Å². The summed E-state index contributed by atoms with van der Waals surface area (Å²) in [7, 11) is 0. The summed E-state index contributed by atoms with van der Waals surface area (Å²) < 4.78 is 10.3. The third-order valence-electron chi connectivity index (χ3n) is 4.04. The van der Waals surface area contributed by atoms with Crippen LogP contribution in [0, 0.1) is 0 Å². The maximum absolute atomic E-state index is 12.8. The SMILES string of the molecule is CC(C)(C)OC(=O)NCCCC[C@H](NC(=O)OC(C)(C)C)C(=O)NC(CC=CCC(=O)O)C(=O)O. The predicted molar refractivity (Wildman–Crippen MR) is 127 cm³/mol. The van der Waals surface area contributed by atoms with Crippen LogP contribution in [0.2, 0.25) is 0 Å². The second-order valence-corrected chi connectivity index (χ2v) is 9.83. The zero-order chi connectivity index (χ0) is 27.2. The van der Waals surface area contributed by atoms with Crippen molar-refractivity contribution in [2.45, 2.75) is 96.9 Å². The van der Waals surface area contributed by atoms with Crippen LogP contribution in [0.25, 0.3) is 0 Å². The Morgan fingerprint density at radius 2 is 1.37 bits per heavy atom. The Morgan fingerprint density at radius 3 is 1.89 bits per heavy atom. The van der Waals surface area contributed by atoms with Gasteiger partial charge in [0.1, 0.15) is 23.3 Å². The lowest BCUT2D eigenvalue weighted by atomic mass is 10.1. The zero-order valence-electron chi connectivity index (χ0n) is 21.3. The van der Waals surface area contributed by atoms with Crippen LogP contribution in [-0.2, 0) is 23.9 Å². The molecule has 0 rings (SSSR count). The molecular weight excluding hydrogens is 462 g/mol. The van der Waals surface area contributed by atoms with Crippen LogP contribution < -0.4 is 16.0 Å². The van der Waals surface area contributed by atoms with E-state index >= 15 is 0 Å². The van der Waals surface area contributed by atoms with E-state index in [9.17, 15) is 29.1 Å². The van der Waals surface area contributed by atoms with Gasteiger partial charge in [-0.25, -0.2) is 14.4 Å². The highest BCUT2D eigenvalue weighted by atomic mass is 16.6. The molecule has 0 fully saturated rings. The first-order valence-electron chi connectivity index (χ1n) is 11.4. The number of carboxylic acid groups (broad SMARTS) is 2. The van der Waals surface area contributed by atoms with Crippen LogP contribution in [0.15, 0.2) is 12.2 Å². The number of carbonyl (C=O) groups is 5. The lowest BCUT2D eigenvalue weighted by molar-refractivity contribution is -0.142. The average Bonchev–Trinajstić information content (AvgIpc) is 2.65. The highest BCUT2D eigenvalue weighted by Crippen LogP contribution is 2.10. The molecule has 200 valence electrons. The van der Waals surface area contributed by atoms with Crippen LogP contribution in [0.5, 0.6) is 0 Å². The predicted octanol–water partition coefficient (Wildman–Crippen LogP) is 2.57. The molecule has 0 saturated carbocycles. The van der Waals surface area contributed by atoms with Gasteiger partial charge in [0, 0.05) is 6.54 Å². The zero-order valence-corrected chi connectivity index (χ0v) is 21.3. The largest absolute Gasteiger partial charge is 0.481 e. The van der Waals surface area contributed by atoms with Crippen molar-refractivity contribution in [3.63, 3.8) is 0 Å². The molecule has 0 aliphatic rings. The van der Waals surface area contributed by atoms with E-state index in [-0.39, 0.29) is 25.8 Å². The molecule has 0 aromatic heterocycles. The Kier molecular flexibility index (Phi) is 13.4. The molecule has 0 aliphatic carbocycles. The quantitative estimate of drug-likeness (QED) is 0.187. The molecule has 2 atom stereocenters. The average molecular weight is 502 g/mol. The highest BCUT2D eigenvalue weighted by molar-refractivity contribution is 5.89. The number of amides is 3. The van der Waals surface area contributed by atoms with Crippen molar-refractivity contribution in [3.8, 4) is 0 Å². The van der Waals surface area contributed by atoms with Gasteiger partial charge in [0.05, 0.1) is 6.42 Å². The number of ether oxygens (including phenoxy) is 2. The summed E-state index contributed by atoms with van der Waals surface area (Å²) in [6.07, 6.45) is 1.87. The van der Waals surface area contributed by atoms with Crippen LogP contribution in [-0.4, -0.2) is 70.1 Å². The molecule has 0 saturated heterocycles. The van der Waals surface area contributed by atoms with Crippen molar-refractivity contribution in [1.29, 1.82) is 0 Å². The van der Waals surface area contributed by atoms with E-state index in [0.29, 0.717) is 12.8 Å². The van der Waals surface area contributed by atoms with E-state index in [2.05, 4.69) is 16.0 Å². The number of aliphatic carboxylic acids is 2. The fourth-order valence-corrected chi connectivity index (χ4v) is 2.61. The van der Waals surface area contributed by atoms with Gasteiger partial charge in [-0.05, 0) is 67.2 Å². The first kappa shape index (κ1) is 31.7. The van der Waals surface area contributed by atoms with Gasteiger partial charge in [-0.3, -0.25) is 9.59 Å². The van der Waals surface area contributed by atoms with Gasteiger partial charge in [-0.1, -0.05) is 12.2 Å². The standard InChI is InChI=1S/C23H39N3O9/c1-22(2,3)34-20(32)24-14-10-9-11-15(26-21(33)35-23(4,5)6)18(29)25-16(19(30)31)12-7-8-13-17(27)28/h7-8,15-16H,9-14H2,1-6H3,(H,24,32)(H,25,29)(H,26,33)(H,27,28)(H,30,31)/t15-,16?/m0/s1. The summed E-state index contributed by atoms with van der Waals surface area (Å²) in [6, 6.07) is -2.40. The molecule has 0 aromatic rings. The van der Waals surface area contributed by atoms with Gasteiger partial charge in [0.15, 0.2) is 0 Å². The fourth-order valence-electron chi connectivity index (χ4n) is 2.61. The first-order valence-corrected chi connectivity index (χ1v) is 11.4. The normalized spacial score (nSPS) is 13.4. The minimum Gasteiger partial charge on any atom is -0.481 e. The van der Waals surface area contributed by atoms with E-state index < -0.39 is 53.3 Å². The minimum atomic E-state index is -1.32. The van der Waals surface area contributed by atoms with E-state index in [1.165, 1.54) is 12.2 Å². The molecule has 0 heterocycles. The Morgan fingerprint density at radius 1 is 0.800 bits per heavy atom. The number of unbranched alkanes of at least 4 members (excludes halogenated alkanes) is 1. The molecule has 3 amide bonds. The molecule has 12 heteroatoms. The van der Waals surface area contributed by atoms with Crippen LogP contribution in [0.4, 0.5) is 9.59 Å². The van der Waals surface area contributed by atoms with E-state index in [1.807, 2.05) is 0 Å². The lowest BCUT2D eigenvalue weighted by Gasteiger charge is -2.24. The number of carbonyl (C=O) groups excluding carboxylic acids is 3. The number of alkyl carbamates (subject to hydrolysis) is 2. The van der Waals surface area contributed by atoms with Crippen molar-refractivity contribution in [2.24, 2.45) is 0 Å². The number of nitrogens with one attached hydrogen (secondary N) is 3. The summed E-state index contributed by atoms with van der Waals surface area (Å²) in [5.74, 6) is -3.11. The number of hydrogen-bond donors (Lipinski definition) is 5. The third-order valence-corrected chi connectivity index (χ3v) is 4.04. The molecular formula is C23H39N3O9. The third kappa shape index (κ3) is 17.8. The molecule has 35 heavy (non-hydrogen) atoms. The number of carboxylic acids is 2. The molecule has 12 nitrogen and oxygen atoms in total. The molecule has 0 bridgehead atoms. The topological polar surface area (TPSA) is 180 Å². The van der Waals surface area contributed by atoms with E-state index in [0.717, 1.165) is 0 Å². The summed E-state index contributed by atoms with van der Waals surface area (Å²) in [5, 5.41) is 25.5. The Balaban J connectivity index is 5.04. The second kappa shape index (κ2) is 14.8. The van der Waals surface area contributed by atoms with Gasteiger partial charge in [-0.15, -0.1) is 0 Å². The van der Waals surface area contributed by atoms with E-state index in [1.54, 1.807) is 41.5 Å². The van der Waals surface area contributed by atoms with Crippen molar-refractivity contribution in [1.82, 2.24) is 16.0 Å². The van der Waals surface area contributed by atoms with Gasteiger partial charge in [0.25, 0.3) is 0 Å². The van der Waals surface area contributed by atoms with Crippen LogP contribution in [0.1, 0.15) is 73.6 Å². The smallest absolute Gasteiger partial charge is 0.408 e. The monoisotopic (exact) mass is 501 g/mol. The maximum Gasteiger partial charge on any atom is 0.408 e. The lowest BCUT2D eigenvalue weighted by Crippen LogP contribution is -2.52. The molecule has 0 spiro atoms. The first-order chi connectivity index (χ1) is 16.0. The van der Waals surface area contributed by atoms with E-state index in [4.69, 9.17) is 14.6 Å². The van der Waals surface area contributed by atoms with Gasteiger partial charge in [0.2, 0.25) is 5.91 Å². The second-order valence-electron chi connectivity index (χ2n) is 9.83. The highest BCUT2D eigenvalue weighted by Gasteiger charge is 2.27. The van der Waals surface area contributed by atoms with Gasteiger partial charge in [-0.2, -0.15) is 0 Å². The molecule has 0 radical (unpaired) electrons. The number of rotatable bonds is 13. The summed E-state index contributed by atoms with van der Waals surface area (Å²) in [4.78, 5) is 58.8. The summed E-state index contributed by atoms with van der Waals surface area (Å²) in [6.45, 7) is 10.5. The molecule has 5 N–H and O–H groups in total. The molecule has 0 aromatic carbocycles. The number of hydrogen-bond acceptors (Lipinski definition) is 7. The fraction of sp³-hybridized carbons (Fsp3) is 0.696. The minimum absolute atomic E-state index is 0.132. The Labute approximate surface area is 205 Å².